The molecule has 4 rings (SSSR count). The predicted molar refractivity (Wildman–Crippen MR) is 118 cm³/mol. The molecule has 2 aromatic rings. The minimum absolute atomic E-state index is 0.275. The lowest BCUT2D eigenvalue weighted by atomic mass is 9.92. The summed E-state index contributed by atoms with van der Waals surface area (Å²) in [5.74, 6) is 0.917. The molecule has 32 heavy (non-hydrogen) atoms. The number of hydrogen-bond acceptors (Lipinski definition) is 10. The van der Waals surface area contributed by atoms with E-state index in [0.717, 1.165) is 44.1 Å². The molecule has 0 bridgehead atoms. The molecule has 11 heteroatoms. The molecule has 166 valence electrons. The Morgan fingerprint density at radius 2 is 2.00 bits per heavy atom. The average Bonchev–Trinajstić information content (AvgIpc) is 3.14. The molecule has 0 aromatic carbocycles. The molecule has 2 amide bonds. The van der Waals surface area contributed by atoms with Gasteiger partial charge in [-0.1, -0.05) is 0 Å². The quantitative estimate of drug-likeness (QED) is 0.512. The summed E-state index contributed by atoms with van der Waals surface area (Å²) in [6.45, 7) is 1.64. The van der Waals surface area contributed by atoms with Crippen LogP contribution in [0, 0.1) is 5.92 Å². The zero-order valence-electron chi connectivity index (χ0n) is 17.5. The third kappa shape index (κ3) is 5.28. The van der Waals surface area contributed by atoms with Gasteiger partial charge in [-0.3, -0.25) is 14.9 Å². The standard InChI is InChI=1S/C21H22N6O4S/c1-31-19(29)15-5-9-22-17(25-15)3-2-13-6-10-27(11-7-13)20-23-8-4-14(24-20)12-16-18(28)26-21(30)32-16/h4-5,8-9,12-13H,2-3,6-7,10-11H2,1H3,(H,26,28,30)/b16-12-. The van der Waals surface area contributed by atoms with Gasteiger partial charge >= 0.3 is 5.97 Å². The fraction of sp³-hybridized carbons (Fsp3) is 0.381. The SMILES string of the molecule is COC(=O)c1ccnc(CCC2CCN(c3nccc(/C=C4\SC(=O)NC4=O)n3)CC2)n1. The molecule has 1 N–H and O–H groups in total. The first-order chi connectivity index (χ1) is 15.5. The molecule has 2 aliphatic rings. The molecule has 4 heterocycles. The van der Waals surface area contributed by atoms with E-state index < -0.39 is 11.9 Å². The van der Waals surface area contributed by atoms with E-state index in [1.807, 2.05) is 0 Å². The summed E-state index contributed by atoms with van der Waals surface area (Å²) in [6.07, 6.45) is 8.45. The van der Waals surface area contributed by atoms with Crippen molar-refractivity contribution in [2.75, 3.05) is 25.1 Å². The van der Waals surface area contributed by atoms with E-state index in [1.54, 1.807) is 30.6 Å². The highest BCUT2D eigenvalue weighted by atomic mass is 32.2. The molecule has 10 nitrogen and oxygen atoms in total. The summed E-state index contributed by atoms with van der Waals surface area (Å²) in [5.41, 5.74) is 0.865. The van der Waals surface area contributed by atoms with Crippen molar-refractivity contribution >= 4 is 40.9 Å². The number of ether oxygens (including phenoxy) is 1. The lowest BCUT2D eigenvalue weighted by Gasteiger charge is -2.32. The van der Waals surface area contributed by atoms with E-state index >= 15 is 0 Å². The van der Waals surface area contributed by atoms with Gasteiger partial charge in [0.15, 0.2) is 5.69 Å². The number of aryl methyl sites for hydroxylation is 1. The molecule has 2 saturated heterocycles. The first-order valence-electron chi connectivity index (χ1n) is 10.2. The van der Waals surface area contributed by atoms with Gasteiger partial charge in [-0.15, -0.1) is 0 Å². The molecule has 0 saturated carbocycles. The third-order valence-corrected chi connectivity index (χ3v) is 6.17. The first kappa shape index (κ1) is 21.9. The van der Waals surface area contributed by atoms with Crippen molar-refractivity contribution in [1.82, 2.24) is 25.3 Å². The summed E-state index contributed by atoms with van der Waals surface area (Å²) >= 11 is 0.869. The van der Waals surface area contributed by atoms with Crippen molar-refractivity contribution < 1.29 is 19.1 Å². The van der Waals surface area contributed by atoms with Crippen LogP contribution in [0.15, 0.2) is 29.4 Å². The summed E-state index contributed by atoms with van der Waals surface area (Å²) in [4.78, 5) is 54.6. The van der Waals surface area contributed by atoms with E-state index in [2.05, 4.69) is 30.2 Å². The molecular weight excluding hydrogens is 432 g/mol. The monoisotopic (exact) mass is 454 g/mol. The Kier molecular flexibility index (Phi) is 6.74. The van der Waals surface area contributed by atoms with Crippen molar-refractivity contribution in [2.45, 2.75) is 25.7 Å². The topological polar surface area (TPSA) is 127 Å². The van der Waals surface area contributed by atoms with Gasteiger partial charge in [-0.25, -0.2) is 24.7 Å². The van der Waals surface area contributed by atoms with Crippen LogP contribution in [0.25, 0.3) is 6.08 Å². The number of esters is 1. The fourth-order valence-electron chi connectivity index (χ4n) is 3.64. The van der Waals surface area contributed by atoms with Gasteiger partial charge in [0, 0.05) is 31.9 Å². The Balaban J connectivity index is 1.31. The van der Waals surface area contributed by atoms with Crippen LogP contribution in [0.5, 0.6) is 0 Å². The van der Waals surface area contributed by atoms with E-state index in [1.165, 1.54) is 7.11 Å². The number of nitrogens with zero attached hydrogens (tertiary/aromatic N) is 5. The maximum Gasteiger partial charge on any atom is 0.356 e. The second kappa shape index (κ2) is 9.86. The van der Waals surface area contributed by atoms with Crippen LogP contribution in [0.4, 0.5) is 10.7 Å². The summed E-state index contributed by atoms with van der Waals surface area (Å²) < 4.78 is 4.71. The summed E-state index contributed by atoms with van der Waals surface area (Å²) in [6, 6.07) is 3.26. The number of methoxy groups -OCH3 is 1. The van der Waals surface area contributed by atoms with Gasteiger partial charge in [0.2, 0.25) is 5.95 Å². The van der Waals surface area contributed by atoms with Gasteiger partial charge < -0.3 is 9.64 Å². The highest BCUT2D eigenvalue weighted by Gasteiger charge is 2.26. The molecule has 0 unspecified atom stereocenters. The Morgan fingerprint density at radius 1 is 1.22 bits per heavy atom. The number of imide groups is 1. The lowest BCUT2D eigenvalue weighted by Crippen LogP contribution is -2.35. The molecule has 0 radical (unpaired) electrons. The molecule has 2 fully saturated rings. The van der Waals surface area contributed by atoms with Crippen LogP contribution in [0.3, 0.4) is 0 Å². The molecule has 2 aliphatic heterocycles. The second-order valence-corrected chi connectivity index (χ2v) is 8.47. The third-order valence-electron chi connectivity index (χ3n) is 5.36. The molecule has 0 spiro atoms. The lowest BCUT2D eigenvalue weighted by molar-refractivity contribution is -0.115. The molecular formula is C21H22N6O4S. The van der Waals surface area contributed by atoms with Gasteiger partial charge in [0.1, 0.15) is 5.82 Å². The zero-order valence-corrected chi connectivity index (χ0v) is 18.3. The van der Waals surface area contributed by atoms with Crippen molar-refractivity contribution in [3.05, 3.63) is 46.6 Å². The molecule has 0 atom stereocenters. The maximum atomic E-state index is 11.7. The van der Waals surface area contributed by atoms with Gasteiger partial charge in [-0.2, -0.15) is 0 Å². The van der Waals surface area contributed by atoms with Crippen molar-refractivity contribution in [3.63, 3.8) is 0 Å². The van der Waals surface area contributed by atoms with Crippen LogP contribution in [0.1, 0.15) is 41.3 Å². The average molecular weight is 455 g/mol. The number of piperidine rings is 1. The number of thioether (sulfide) groups is 1. The number of carbonyl (C=O) groups excluding carboxylic acids is 3. The minimum atomic E-state index is -0.460. The number of amides is 2. The van der Waals surface area contributed by atoms with Crippen LogP contribution in [-0.4, -0.2) is 57.3 Å². The molecule has 0 aliphatic carbocycles. The summed E-state index contributed by atoms with van der Waals surface area (Å²) in [7, 11) is 1.33. The van der Waals surface area contributed by atoms with Crippen molar-refractivity contribution in [3.8, 4) is 0 Å². The van der Waals surface area contributed by atoms with Gasteiger partial charge in [-0.05, 0) is 55.2 Å². The van der Waals surface area contributed by atoms with Gasteiger partial charge in [0.05, 0.1) is 17.7 Å². The van der Waals surface area contributed by atoms with Crippen LogP contribution in [-0.2, 0) is 16.0 Å². The Labute approximate surface area is 188 Å². The minimum Gasteiger partial charge on any atom is -0.464 e. The van der Waals surface area contributed by atoms with Crippen LogP contribution >= 0.6 is 11.8 Å². The number of carbonyl (C=O) groups is 3. The van der Waals surface area contributed by atoms with E-state index in [0.29, 0.717) is 34.7 Å². The number of hydrogen-bond donors (Lipinski definition) is 1. The first-order valence-corrected chi connectivity index (χ1v) is 11.1. The normalized spacial score (nSPS) is 18.2. The number of anilines is 1. The van der Waals surface area contributed by atoms with Crippen molar-refractivity contribution in [2.24, 2.45) is 5.92 Å². The number of nitrogens with one attached hydrogen (secondary N) is 1. The van der Waals surface area contributed by atoms with E-state index in [-0.39, 0.29) is 10.9 Å². The number of rotatable bonds is 6. The largest absolute Gasteiger partial charge is 0.464 e. The Bertz CT molecular complexity index is 1070. The fourth-order valence-corrected chi connectivity index (χ4v) is 4.31. The van der Waals surface area contributed by atoms with Crippen molar-refractivity contribution in [1.29, 1.82) is 0 Å². The van der Waals surface area contributed by atoms with Crippen LogP contribution in [0.2, 0.25) is 0 Å². The van der Waals surface area contributed by atoms with Crippen LogP contribution < -0.4 is 10.2 Å². The molecule has 2 aromatic heterocycles. The highest BCUT2D eigenvalue weighted by Crippen LogP contribution is 2.27. The van der Waals surface area contributed by atoms with E-state index in [9.17, 15) is 14.4 Å². The number of aromatic nitrogens is 4. The Hall–Kier alpha value is -3.34. The zero-order chi connectivity index (χ0) is 22.5. The second-order valence-electron chi connectivity index (χ2n) is 7.45. The summed E-state index contributed by atoms with van der Waals surface area (Å²) in [5, 5.41) is 1.86. The Morgan fingerprint density at radius 3 is 2.72 bits per heavy atom. The maximum absolute atomic E-state index is 11.7. The van der Waals surface area contributed by atoms with E-state index in [4.69, 9.17) is 4.74 Å². The smallest absolute Gasteiger partial charge is 0.356 e. The highest BCUT2D eigenvalue weighted by molar-refractivity contribution is 8.18. The predicted octanol–water partition coefficient (Wildman–Crippen LogP) is 2.23. The van der Waals surface area contributed by atoms with Gasteiger partial charge in [0.25, 0.3) is 11.1 Å².